The van der Waals surface area contributed by atoms with E-state index >= 15 is 0 Å². The molecule has 2 N–H and O–H groups in total. The summed E-state index contributed by atoms with van der Waals surface area (Å²) in [6.07, 6.45) is 0.317. The van der Waals surface area contributed by atoms with Gasteiger partial charge in [0.1, 0.15) is 5.75 Å². The van der Waals surface area contributed by atoms with Gasteiger partial charge < -0.3 is 10.1 Å². The highest BCUT2D eigenvalue weighted by molar-refractivity contribution is 9.10. The zero-order valence-corrected chi connectivity index (χ0v) is 23.3. The van der Waals surface area contributed by atoms with Crippen molar-refractivity contribution in [3.8, 4) is 22.6 Å². The SMILES string of the molecule is Cc1cc(Br)cc(C)c1NC(=S)N/N=C/c1ccc2c(c1)CCc1c-2cnn1-c1ccc(OC(F)(F)F)cc1. The molecule has 0 amide bonds. The van der Waals surface area contributed by atoms with Gasteiger partial charge in [0.15, 0.2) is 5.11 Å². The van der Waals surface area contributed by atoms with Gasteiger partial charge in [0.25, 0.3) is 0 Å². The Hall–Kier alpha value is -3.70. The minimum absolute atomic E-state index is 0.267. The largest absolute Gasteiger partial charge is 0.573 e. The van der Waals surface area contributed by atoms with Crippen LogP contribution in [0.2, 0.25) is 0 Å². The highest BCUT2D eigenvalue weighted by Gasteiger charge is 2.31. The molecule has 3 aromatic carbocycles. The number of hydrogen-bond acceptors (Lipinski definition) is 4. The Morgan fingerprint density at radius 2 is 1.77 bits per heavy atom. The summed E-state index contributed by atoms with van der Waals surface area (Å²) in [6.45, 7) is 4.02. The Bertz CT molecular complexity index is 1560. The topological polar surface area (TPSA) is 63.5 Å². The van der Waals surface area contributed by atoms with Crippen LogP contribution in [0.5, 0.6) is 5.75 Å². The second kappa shape index (κ2) is 10.8. The van der Waals surface area contributed by atoms with Crippen LogP contribution < -0.4 is 15.5 Å². The van der Waals surface area contributed by atoms with Gasteiger partial charge in [-0.1, -0.05) is 28.1 Å². The quantitative estimate of drug-likeness (QED) is 0.141. The average molecular weight is 614 g/mol. The smallest absolute Gasteiger partial charge is 0.406 e. The molecule has 1 aromatic heterocycles. The van der Waals surface area contributed by atoms with E-state index in [9.17, 15) is 13.2 Å². The van der Waals surface area contributed by atoms with E-state index in [0.717, 1.165) is 56.5 Å². The van der Waals surface area contributed by atoms with E-state index in [0.29, 0.717) is 10.8 Å². The fourth-order valence-electron chi connectivity index (χ4n) is 4.68. The second-order valence-corrected chi connectivity index (χ2v) is 10.4. The average Bonchev–Trinajstić information content (AvgIpc) is 3.30. The van der Waals surface area contributed by atoms with E-state index in [1.807, 2.05) is 38.1 Å². The summed E-state index contributed by atoms with van der Waals surface area (Å²) in [6, 6.07) is 15.8. The number of benzene rings is 3. The normalized spacial score (nSPS) is 12.7. The number of aryl methyl sites for hydroxylation is 3. The van der Waals surface area contributed by atoms with Gasteiger partial charge in [-0.3, -0.25) is 5.43 Å². The van der Waals surface area contributed by atoms with Crippen molar-refractivity contribution in [3.63, 3.8) is 0 Å². The number of nitrogens with one attached hydrogen (secondary N) is 2. The third kappa shape index (κ3) is 6.15. The molecule has 0 fully saturated rings. The van der Waals surface area contributed by atoms with E-state index in [-0.39, 0.29) is 5.75 Å². The highest BCUT2D eigenvalue weighted by Crippen LogP contribution is 2.35. The number of fused-ring (bicyclic) bond motifs is 3. The molecule has 1 aliphatic rings. The molecule has 0 atom stereocenters. The molecule has 0 unspecified atom stereocenters. The van der Waals surface area contributed by atoms with Crippen LogP contribution in [0.25, 0.3) is 16.8 Å². The van der Waals surface area contributed by atoms with Crippen LogP contribution >= 0.6 is 28.1 Å². The van der Waals surface area contributed by atoms with Crippen LogP contribution in [0.4, 0.5) is 18.9 Å². The Labute approximate surface area is 237 Å². The molecular weight excluding hydrogens is 591 g/mol. The molecule has 0 radical (unpaired) electrons. The van der Waals surface area contributed by atoms with Crippen LogP contribution in [0, 0.1) is 13.8 Å². The Balaban J connectivity index is 1.27. The third-order valence-corrected chi connectivity index (χ3v) is 7.00. The van der Waals surface area contributed by atoms with Crippen LogP contribution in [-0.4, -0.2) is 27.5 Å². The van der Waals surface area contributed by atoms with Gasteiger partial charge in [0, 0.05) is 15.7 Å². The molecule has 1 aliphatic carbocycles. The second-order valence-electron chi connectivity index (χ2n) is 9.11. The van der Waals surface area contributed by atoms with Crippen molar-refractivity contribution >= 4 is 45.2 Å². The maximum Gasteiger partial charge on any atom is 0.573 e. The third-order valence-electron chi connectivity index (χ3n) is 6.35. The van der Waals surface area contributed by atoms with Crippen molar-refractivity contribution < 1.29 is 17.9 Å². The molecule has 5 rings (SSSR count). The van der Waals surface area contributed by atoms with Crippen molar-refractivity contribution in [2.75, 3.05) is 5.32 Å². The van der Waals surface area contributed by atoms with E-state index in [1.165, 1.54) is 17.7 Å². The number of anilines is 1. The van der Waals surface area contributed by atoms with E-state index in [4.69, 9.17) is 12.2 Å². The van der Waals surface area contributed by atoms with Gasteiger partial charge in [-0.2, -0.15) is 10.2 Å². The summed E-state index contributed by atoms with van der Waals surface area (Å²) in [5, 5.41) is 12.4. The number of aromatic nitrogens is 2. The fraction of sp³-hybridized carbons (Fsp3) is 0.179. The molecule has 0 bridgehead atoms. The summed E-state index contributed by atoms with van der Waals surface area (Å²) in [7, 11) is 0. The number of alkyl halides is 3. The molecule has 0 saturated carbocycles. The van der Waals surface area contributed by atoms with Crippen LogP contribution in [-0.2, 0) is 12.8 Å². The number of hydrogen-bond donors (Lipinski definition) is 2. The van der Waals surface area contributed by atoms with Crippen LogP contribution in [0.15, 0.2) is 70.4 Å². The Morgan fingerprint density at radius 1 is 1.05 bits per heavy atom. The fourth-order valence-corrected chi connectivity index (χ4v) is 5.52. The standard InChI is InChI=1S/C28H23BrF3N5OS/c1-16-11-20(29)12-17(2)26(16)35-27(39)36-33-14-18-3-9-23-19(13-18)4-10-25-24(23)15-34-37(25)21-5-7-22(8-6-21)38-28(30,31)32/h3,5-9,11-15H,4,10H2,1-2H3,(H2,35,36,39)/b33-14+. The number of hydrazone groups is 1. The maximum atomic E-state index is 12.5. The first-order valence-corrected chi connectivity index (χ1v) is 13.2. The van der Waals surface area contributed by atoms with Crippen LogP contribution in [0.1, 0.15) is 27.9 Å². The first kappa shape index (κ1) is 26.9. The van der Waals surface area contributed by atoms with Crippen molar-refractivity contribution in [3.05, 3.63) is 93.2 Å². The Morgan fingerprint density at radius 3 is 2.46 bits per heavy atom. The lowest BCUT2D eigenvalue weighted by molar-refractivity contribution is -0.274. The van der Waals surface area contributed by atoms with E-state index < -0.39 is 6.36 Å². The molecule has 39 heavy (non-hydrogen) atoms. The van der Waals surface area contributed by atoms with Gasteiger partial charge >= 0.3 is 6.36 Å². The molecule has 200 valence electrons. The molecule has 0 aliphatic heterocycles. The molecule has 0 spiro atoms. The van der Waals surface area contributed by atoms with Gasteiger partial charge in [-0.25, -0.2) is 4.68 Å². The number of nitrogens with zero attached hydrogens (tertiary/aromatic N) is 3. The lowest BCUT2D eigenvalue weighted by atomic mass is 9.89. The first-order chi connectivity index (χ1) is 18.6. The first-order valence-electron chi connectivity index (χ1n) is 12.0. The number of halogens is 4. The molecule has 0 saturated heterocycles. The summed E-state index contributed by atoms with van der Waals surface area (Å²) < 4.78 is 44.2. The minimum Gasteiger partial charge on any atom is -0.406 e. The summed E-state index contributed by atoms with van der Waals surface area (Å²) in [5.41, 5.74) is 11.8. The zero-order valence-electron chi connectivity index (χ0n) is 20.9. The monoisotopic (exact) mass is 613 g/mol. The van der Waals surface area contributed by atoms with Gasteiger partial charge in [-0.15, -0.1) is 13.2 Å². The summed E-state index contributed by atoms with van der Waals surface area (Å²) >= 11 is 8.90. The molecule has 6 nitrogen and oxygen atoms in total. The van der Waals surface area contributed by atoms with Crippen molar-refractivity contribution in [1.82, 2.24) is 15.2 Å². The zero-order chi connectivity index (χ0) is 27.7. The number of ether oxygens (including phenoxy) is 1. The van der Waals surface area contributed by atoms with Gasteiger partial charge in [0.2, 0.25) is 0 Å². The predicted molar refractivity (Wildman–Crippen MR) is 154 cm³/mol. The molecule has 4 aromatic rings. The summed E-state index contributed by atoms with van der Waals surface area (Å²) in [4.78, 5) is 0. The van der Waals surface area contributed by atoms with Gasteiger partial charge in [-0.05, 0) is 109 Å². The highest BCUT2D eigenvalue weighted by atomic mass is 79.9. The lowest BCUT2D eigenvalue weighted by Crippen LogP contribution is -2.24. The lowest BCUT2D eigenvalue weighted by Gasteiger charge is -2.18. The van der Waals surface area contributed by atoms with E-state index in [1.54, 1.807) is 29.2 Å². The summed E-state index contributed by atoms with van der Waals surface area (Å²) in [5.74, 6) is -0.267. The van der Waals surface area contributed by atoms with Crippen LogP contribution in [0.3, 0.4) is 0 Å². The Kier molecular flexibility index (Phi) is 7.46. The van der Waals surface area contributed by atoms with Crippen molar-refractivity contribution in [1.29, 1.82) is 0 Å². The maximum absolute atomic E-state index is 12.5. The van der Waals surface area contributed by atoms with Gasteiger partial charge in [0.05, 0.1) is 23.8 Å². The van der Waals surface area contributed by atoms with Crippen molar-refractivity contribution in [2.45, 2.75) is 33.1 Å². The molecule has 11 heteroatoms. The molecule has 1 heterocycles. The van der Waals surface area contributed by atoms with Crippen molar-refractivity contribution in [2.24, 2.45) is 5.10 Å². The van der Waals surface area contributed by atoms with E-state index in [2.05, 4.69) is 47.7 Å². The number of thiocarbonyl (C=S) groups is 1. The number of rotatable bonds is 5. The predicted octanol–water partition coefficient (Wildman–Crippen LogP) is 7.24. The molecular formula is C28H23BrF3N5OS. The minimum atomic E-state index is -4.73.